The van der Waals surface area contributed by atoms with E-state index in [1.165, 1.54) is 4.31 Å². The number of nitrogens with one attached hydrogen (secondary N) is 1. The second-order valence-electron chi connectivity index (χ2n) is 6.08. The van der Waals surface area contributed by atoms with Crippen molar-refractivity contribution in [3.63, 3.8) is 0 Å². The molecule has 140 valence electrons. The minimum Gasteiger partial charge on any atom is -0.497 e. The maximum Gasteiger partial charge on any atom is 0.235 e. The van der Waals surface area contributed by atoms with E-state index in [1.54, 1.807) is 7.11 Å². The van der Waals surface area contributed by atoms with Crippen molar-refractivity contribution < 1.29 is 17.9 Å². The SMILES string of the molecule is COc1ccc(C(C)NC(=O)CN(Cc2ccccc2)S(C)(=O)=O)cc1. The largest absolute Gasteiger partial charge is 0.497 e. The maximum atomic E-state index is 12.4. The highest BCUT2D eigenvalue weighted by Crippen LogP contribution is 2.17. The third-order valence-electron chi connectivity index (χ3n) is 3.98. The Morgan fingerprint density at radius 2 is 1.73 bits per heavy atom. The van der Waals surface area contributed by atoms with Crippen LogP contribution < -0.4 is 10.1 Å². The van der Waals surface area contributed by atoms with Crippen LogP contribution in [0.3, 0.4) is 0 Å². The molecule has 0 aliphatic heterocycles. The molecule has 0 heterocycles. The number of sulfonamides is 1. The van der Waals surface area contributed by atoms with Crippen LogP contribution in [0.4, 0.5) is 0 Å². The van der Waals surface area contributed by atoms with Crippen molar-refractivity contribution in [2.24, 2.45) is 0 Å². The molecule has 0 aromatic heterocycles. The maximum absolute atomic E-state index is 12.4. The quantitative estimate of drug-likeness (QED) is 0.767. The number of methoxy groups -OCH3 is 1. The highest BCUT2D eigenvalue weighted by Gasteiger charge is 2.21. The number of carbonyl (C=O) groups excluding carboxylic acids is 1. The van der Waals surface area contributed by atoms with E-state index in [4.69, 9.17) is 4.74 Å². The first-order valence-corrected chi connectivity index (χ1v) is 10.1. The summed E-state index contributed by atoms with van der Waals surface area (Å²) in [7, 11) is -1.92. The van der Waals surface area contributed by atoms with Crippen LogP contribution in [0.5, 0.6) is 5.75 Å². The smallest absolute Gasteiger partial charge is 0.235 e. The highest BCUT2D eigenvalue weighted by atomic mass is 32.2. The summed E-state index contributed by atoms with van der Waals surface area (Å²) >= 11 is 0. The van der Waals surface area contributed by atoms with Crippen molar-refractivity contribution in [1.29, 1.82) is 0 Å². The minimum absolute atomic E-state index is 0.157. The van der Waals surface area contributed by atoms with Crippen molar-refractivity contribution in [1.82, 2.24) is 9.62 Å². The van der Waals surface area contributed by atoms with Gasteiger partial charge in [-0.2, -0.15) is 4.31 Å². The van der Waals surface area contributed by atoms with E-state index in [9.17, 15) is 13.2 Å². The van der Waals surface area contributed by atoms with E-state index in [0.717, 1.165) is 23.1 Å². The van der Waals surface area contributed by atoms with Crippen molar-refractivity contribution in [3.8, 4) is 5.75 Å². The number of nitrogens with zero attached hydrogens (tertiary/aromatic N) is 1. The van der Waals surface area contributed by atoms with E-state index in [0.29, 0.717) is 0 Å². The van der Waals surface area contributed by atoms with E-state index in [2.05, 4.69) is 5.32 Å². The fourth-order valence-electron chi connectivity index (χ4n) is 2.50. The average Bonchev–Trinajstić information content (AvgIpc) is 2.61. The Hall–Kier alpha value is -2.38. The van der Waals surface area contributed by atoms with Crippen LogP contribution in [0, 0.1) is 0 Å². The summed E-state index contributed by atoms with van der Waals surface area (Å²) in [4.78, 5) is 12.4. The molecule has 0 radical (unpaired) electrons. The van der Waals surface area contributed by atoms with Gasteiger partial charge >= 0.3 is 0 Å². The molecule has 7 heteroatoms. The molecular formula is C19H24N2O4S. The number of hydrogen-bond donors (Lipinski definition) is 1. The first-order valence-electron chi connectivity index (χ1n) is 8.22. The molecule has 0 aliphatic rings. The molecule has 0 saturated carbocycles. The molecule has 0 spiro atoms. The lowest BCUT2D eigenvalue weighted by molar-refractivity contribution is -0.122. The predicted molar refractivity (Wildman–Crippen MR) is 101 cm³/mol. The summed E-state index contributed by atoms with van der Waals surface area (Å²) in [5, 5.41) is 2.84. The summed E-state index contributed by atoms with van der Waals surface area (Å²) in [6.45, 7) is 1.78. The molecule has 0 fully saturated rings. The monoisotopic (exact) mass is 376 g/mol. The molecule has 0 bridgehead atoms. The van der Waals surface area contributed by atoms with E-state index >= 15 is 0 Å². The summed E-state index contributed by atoms with van der Waals surface area (Å²) in [6.07, 6.45) is 1.11. The fraction of sp³-hybridized carbons (Fsp3) is 0.316. The van der Waals surface area contributed by atoms with Gasteiger partial charge in [0.25, 0.3) is 0 Å². The standard InChI is InChI=1S/C19H24N2O4S/c1-15(17-9-11-18(25-2)12-10-17)20-19(22)14-21(26(3,23)24)13-16-7-5-4-6-8-16/h4-12,15H,13-14H2,1-3H3,(H,20,22). The number of rotatable bonds is 8. The first kappa shape index (κ1) is 19.9. The number of hydrogen-bond acceptors (Lipinski definition) is 4. The highest BCUT2D eigenvalue weighted by molar-refractivity contribution is 7.88. The molecular weight excluding hydrogens is 352 g/mol. The Balaban J connectivity index is 2.02. The lowest BCUT2D eigenvalue weighted by Crippen LogP contribution is -2.40. The van der Waals surface area contributed by atoms with Crippen LogP contribution in [0.25, 0.3) is 0 Å². The summed E-state index contributed by atoms with van der Waals surface area (Å²) in [5.74, 6) is 0.382. The van der Waals surface area contributed by atoms with Gasteiger partial charge in [-0.25, -0.2) is 8.42 Å². The van der Waals surface area contributed by atoms with Gasteiger partial charge in [0.05, 0.1) is 26.0 Å². The third-order valence-corrected chi connectivity index (χ3v) is 5.18. The molecule has 2 rings (SSSR count). The topological polar surface area (TPSA) is 75.7 Å². The second kappa shape index (κ2) is 8.82. The lowest BCUT2D eigenvalue weighted by Gasteiger charge is -2.21. The Kier molecular flexibility index (Phi) is 6.76. The Labute approximate surface area is 154 Å². The van der Waals surface area contributed by atoms with Crippen LogP contribution in [-0.2, 0) is 21.4 Å². The molecule has 1 unspecified atom stereocenters. The molecule has 2 aromatic rings. The Morgan fingerprint density at radius 1 is 1.12 bits per heavy atom. The van der Waals surface area contributed by atoms with Crippen LogP contribution in [0.15, 0.2) is 54.6 Å². The molecule has 0 aliphatic carbocycles. The zero-order valence-electron chi connectivity index (χ0n) is 15.2. The van der Waals surface area contributed by atoms with E-state index < -0.39 is 10.0 Å². The van der Waals surface area contributed by atoms with Gasteiger partial charge in [-0.1, -0.05) is 42.5 Å². The summed E-state index contributed by atoms with van der Waals surface area (Å²) in [5.41, 5.74) is 1.74. The number of carbonyl (C=O) groups is 1. The summed E-state index contributed by atoms with van der Waals surface area (Å²) < 4.78 is 30.3. The molecule has 1 atom stereocenters. The predicted octanol–water partition coefficient (Wildman–Crippen LogP) is 2.33. The van der Waals surface area contributed by atoms with Crippen molar-refractivity contribution in [2.75, 3.05) is 19.9 Å². The second-order valence-corrected chi connectivity index (χ2v) is 8.06. The van der Waals surface area contributed by atoms with Gasteiger partial charge in [-0.15, -0.1) is 0 Å². The van der Waals surface area contributed by atoms with E-state index in [1.807, 2.05) is 61.5 Å². The van der Waals surface area contributed by atoms with Crippen molar-refractivity contribution in [2.45, 2.75) is 19.5 Å². The molecule has 0 saturated heterocycles. The van der Waals surface area contributed by atoms with Crippen LogP contribution >= 0.6 is 0 Å². The minimum atomic E-state index is -3.51. The fourth-order valence-corrected chi connectivity index (χ4v) is 3.24. The number of ether oxygens (including phenoxy) is 1. The van der Waals surface area contributed by atoms with Gasteiger partial charge in [0.1, 0.15) is 5.75 Å². The van der Waals surface area contributed by atoms with Gasteiger partial charge in [0, 0.05) is 6.54 Å². The number of benzene rings is 2. The van der Waals surface area contributed by atoms with Crippen molar-refractivity contribution in [3.05, 3.63) is 65.7 Å². The van der Waals surface area contributed by atoms with Crippen LogP contribution in [0.2, 0.25) is 0 Å². The molecule has 1 amide bonds. The molecule has 1 N–H and O–H groups in total. The van der Waals surface area contributed by atoms with Gasteiger partial charge < -0.3 is 10.1 Å². The Bertz CT molecular complexity index is 820. The van der Waals surface area contributed by atoms with Gasteiger partial charge in [0.2, 0.25) is 15.9 Å². The zero-order valence-corrected chi connectivity index (χ0v) is 16.0. The molecule has 26 heavy (non-hydrogen) atoms. The van der Waals surface area contributed by atoms with Gasteiger partial charge in [-0.05, 0) is 30.2 Å². The molecule has 2 aromatic carbocycles. The summed E-state index contributed by atoms with van der Waals surface area (Å²) in [6, 6.07) is 16.3. The normalized spacial score (nSPS) is 12.6. The lowest BCUT2D eigenvalue weighted by atomic mass is 10.1. The number of amides is 1. The van der Waals surface area contributed by atoms with Crippen molar-refractivity contribution >= 4 is 15.9 Å². The van der Waals surface area contributed by atoms with E-state index in [-0.39, 0.29) is 25.0 Å². The van der Waals surface area contributed by atoms with Crippen LogP contribution in [0.1, 0.15) is 24.1 Å². The first-order chi connectivity index (χ1) is 12.3. The zero-order chi connectivity index (χ0) is 19.2. The van der Waals surface area contributed by atoms with Gasteiger partial charge in [0.15, 0.2) is 0 Å². The average molecular weight is 376 g/mol. The third kappa shape index (κ3) is 5.86. The van der Waals surface area contributed by atoms with Gasteiger partial charge in [-0.3, -0.25) is 4.79 Å². The van der Waals surface area contributed by atoms with Crippen LogP contribution in [-0.4, -0.2) is 38.5 Å². The molecule has 6 nitrogen and oxygen atoms in total. The Morgan fingerprint density at radius 3 is 2.27 bits per heavy atom.